The van der Waals surface area contributed by atoms with Gasteiger partial charge in [0.25, 0.3) is 0 Å². The molecule has 7 aromatic carbocycles. The molecule has 0 aliphatic rings. The summed E-state index contributed by atoms with van der Waals surface area (Å²) in [7, 11) is 0. The second-order valence-electron chi connectivity index (χ2n) is 13.2. The molecule has 0 radical (unpaired) electrons. The molecule has 0 spiro atoms. The van der Waals surface area contributed by atoms with Crippen LogP contribution in [0.5, 0.6) is 0 Å². The van der Waals surface area contributed by atoms with Gasteiger partial charge in [0.2, 0.25) is 5.71 Å². The van der Waals surface area contributed by atoms with E-state index in [-0.39, 0.29) is 0 Å². The third kappa shape index (κ3) is 4.39. The third-order valence-corrected chi connectivity index (χ3v) is 10.3. The van der Waals surface area contributed by atoms with Crippen LogP contribution in [0, 0.1) is 0 Å². The van der Waals surface area contributed by atoms with Gasteiger partial charge in [0, 0.05) is 44.9 Å². The van der Waals surface area contributed by atoms with Crippen molar-refractivity contribution in [1.29, 1.82) is 0 Å². The van der Waals surface area contributed by atoms with Crippen LogP contribution in [0.4, 0.5) is 0 Å². The molecule has 0 saturated carbocycles. The molecule has 52 heavy (non-hydrogen) atoms. The molecular weight excluding hydrogens is 637 g/mol. The van der Waals surface area contributed by atoms with E-state index in [9.17, 15) is 0 Å². The fourth-order valence-electron chi connectivity index (χ4n) is 7.87. The Bertz CT molecular complexity index is 3190. The van der Waals surface area contributed by atoms with E-state index in [1.54, 1.807) is 6.20 Å². The SMILES string of the molecule is c1ccc(-c2ccc3cc(-c4cc(-n5c6ccccc6c6c7ccccc7ccc65)nc(-c5cccc6oc7ncccc7c56)n4)ccc3c2)cc1. The van der Waals surface area contributed by atoms with Crippen molar-refractivity contribution in [2.75, 3.05) is 0 Å². The highest BCUT2D eigenvalue weighted by Crippen LogP contribution is 2.40. The molecule has 0 bridgehead atoms. The van der Waals surface area contributed by atoms with Crippen LogP contribution in [0.3, 0.4) is 0 Å². The summed E-state index contributed by atoms with van der Waals surface area (Å²) in [6.45, 7) is 0. The second kappa shape index (κ2) is 11.2. The van der Waals surface area contributed by atoms with Gasteiger partial charge in [-0.05, 0) is 75.1 Å². The average Bonchev–Trinajstić information content (AvgIpc) is 3.77. The predicted molar refractivity (Wildman–Crippen MR) is 213 cm³/mol. The Morgan fingerprint density at radius 2 is 1.21 bits per heavy atom. The van der Waals surface area contributed by atoms with E-state index < -0.39 is 0 Å². The number of fused-ring (bicyclic) bond motifs is 9. The Labute approximate surface area is 298 Å². The van der Waals surface area contributed by atoms with Crippen molar-refractivity contribution in [3.8, 4) is 39.6 Å². The first-order chi connectivity index (χ1) is 25.8. The number of furan rings is 1. The number of hydrogen-bond acceptors (Lipinski definition) is 4. The van der Waals surface area contributed by atoms with Gasteiger partial charge in [-0.15, -0.1) is 0 Å². The van der Waals surface area contributed by atoms with Crippen molar-refractivity contribution in [3.05, 3.63) is 170 Å². The molecule has 11 aromatic rings. The van der Waals surface area contributed by atoms with Crippen molar-refractivity contribution in [2.24, 2.45) is 0 Å². The minimum atomic E-state index is 0.597. The van der Waals surface area contributed by atoms with E-state index in [4.69, 9.17) is 14.4 Å². The van der Waals surface area contributed by atoms with Gasteiger partial charge in [-0.2, -0.15) is 0 Å². The lowest BCUT2D eigenvalue weighted by Crippen LogP contribution is -2.02. The minimum absolute atomic E-state index is 0.597. The Balaban J connectivity index is 1.19. The van der Waals surface area contributed by atoms with Gasteiger partial charge in [-0.1, -0.05) is 115 Å². The number of benzene rings is 7. The number of para-hydroxylation sites is 1. The zero-order chi connectivity index (χ0) is 34.2. The summed E-state index contributed by atoms with van der Waals surface area (Å²) >= 11 is 0. The van der Waals surface area contributed by atoms with Crippen molar-refractivity contribution in [2.45, 2.75) is 0 Å². The van der Waals surface area contributed by atoms with E-state index in [0.29, 0.717) is 11.5 Å². The first-order valence-corrected chi connectivity index (χ1v) is 17.4. The predicted octanol–water partition coefficient (Wildman–Crippen LogP) is 12.2. The van der Waals surface area contributed by atoms with Gasteiger partial charge in [-0.3, -0.25) is 4.57 Å². The molecule has 0 saturated heterocycles. The van der Waals surface area contributed by atoms with Crippen LogP contribution in [0.15, 0.2) is 174 Å². The van der Waals surface area contributed by atoms with E-state index in [1.165, 1.54) is 38.1 Å². The van der Waals surface area contributed by atoms with Crippen LogP contribution in [0.1, 0.15) is 0 Å². The standard InChI is InChI=1S/C47H28N4O/c1-2-10-29(11-3-1)31-19-20-33-27-34(22-21-32(33)26-31)39-28-43(50-46(49-39)37-15-8-18-42-45(37)38-16-9-25-48-47(38)52-42)51-40-17-7-6-14-36(40)44-35-13-5-4-12-30(35)23-24-41(44)51/h1-28H. The molecule has 0 fully saturated rings. The van der Waals surface area contributed by atoms with Crippen LogP contribution in [-0.4, -0.2) is 19.5 Å². The van der Waals surface area contributed by atoms with Crippen molar-refractivity contribution < 1.29 is 4.42 Å². The number of rotatable bonds is 4. The molecule has 5 heteroatoms. The first kappa shape index (κ1) is 28.7. The van der Waals surface area contributed by atoms with Crippen molar-refractivity contribution in [3.63, 3.8) is 0 Å². The Morgan fingerprint density at radius 3 is 2.12 bits per heavy atom. The summed E-state index contributed by atoms with van der Waals surface area (Å²) < 4.78 is 8.49. The highest BCUT2D eigenvalue weighted by Gasteiger charge is 2.20. The third-order valence-electron chi connectivity index (χ3n) is 10.3. The van der Waals surface area contributed by atoms with Crippen molar-refractivity contribution >= 4 is 65.4 Å². The highest BCUT2D eigenvalue weighted by molar-refractivity contribution is 6.21. The first-order valence-electron chi connectivity index (χ1n) is 17.4. The maximum Gasteiger partial charge on any atom is 0.227 e. The maximum absolute atomic E-state index is 6.21. The molecule has 0 unspecified atom stereocenters. The highest BCUT2D eigenvalue weighted by atomic mass is 16.3. The van der Waals surface area contributed by atoms with Crippen LogP contribution in [0.25, 0.3) is 105 Å². The van der Waals surface area contributed by atoms with E-state index >= 15 is 0 Å². The summed E-state index contributed by atoms with van der Waals surface area (Å²) in [4.78, 5) is 15.2. The zero-order valence-electron chi connectivity index (χ0n) is 27.9. The summed E-state index contributed by atoms with van der Waals surface area (Å²) in [5.41, 5.74) is 8.68. The number of nitrogens with zero attached hydrogens (tertiary/aromatic N) is 4. The molecule has 5 nitrogen and oxygen atoms in total. The molecule has 4 aromatic heterocycles. The van der Waals surface area contributed by atoms with Gasteiger partial charge in [0.1, 0.15) is 11.4 Å². The second-order valence-corrected chi connectivity index (χ2v) is 13.2. The summed E-state index contributed by atoms with van der Waals surface area (Å²) in [6.07, 6.45) is 1.76. The Morgan fingerprint density at radius 1 is 0.462 bits per heavy atom. The summed E-state index contributed by atoms with van der Waals surface area (Å²) in [6, 6.07) is 57.6. The van der Waals surface area contributed by atoms with Crippen LogP contribution in [-0.2, 0) is 0 Å². The topological polar surface area (TPSA) is 56.7 Å². The van der Waals surface area contributed by atoms with Crippen LogP contribution >= 0.6 is 0 Å². The monoisotopic (exact) mass is 664 g/mol. The maximum atomic E-state index is 6.21. The fraction of sp³-hybridized carbons (Fsp3) is 0. The summed E-state index contributed by atoms with van der Waals surface area (Å²) in [5, 5.41) is 9.04. The van der Waals surface area contributed by atoms with E-state index in [2.05, 4.69) is 149 Å². The largest absolute Gasteiger partial charge is 0.438 e. The van der Waals surface area contributed by atoms with Gasteiger partial charge >= 0.3 is 0 Å². The lowest BCUT2D eigenvalue weighted by molar-refractivity contribution is 0.654. The van der Waals surface area contributed by atoms with Crippen LogP contribution in [0.2, 0.25) is 0 Å². The molecule has 0 aliphatic heterocycles. The lowest BCUT2D eigenvalue weighted by Gasteiger charge is -2.13. The number of pyridine rings is 1. The molecule has 0 atom stereocenters. The van der Waals surface area contributed by atoms with Gasteiger partial charge < -0.3 is 4.42 Å². The van der Waals surface area contributed by atoms with Gasteiger partial charge in [0.05, 0.1) is 16.7 Å². The molecule has 11 rings (SSSR count). The molecule has 0 amide bonds. The average molecular weight is 665 g/mol. The van der Waals surface area contributed by atoms with Gasteiger partial charge in [0.15, 0.2) is 5.82 Å². The molecule has 4 heterocycles. The Kier molecular flexibility index (Phi) is 6.18. The lowest BCUT2D eigenvalue weighted by atomic mass is 9.99. The summed E-state index contributed by atoms with van der Waals surface area (Å²) in [5.74, 6) is 1.42. The number of hydrogen-bond donors (Lipinski definition) is 0. The number of aromatic nitrogens is 4. The van der Waals surface area contributed by atoms with Gasteiger partial charge in [-0.25, -0.2) is 15.0 Å². The zero-order valence-corrected chi connectivity index (χ0v) is 27.9. The quantitative estimate of drug-likeness (QED) is 0.188. The van der Waals surface area contributed by atoms with Crippen molar-refractivity contribution in [1.82, 2.24) is 19.5 Å². The molecule has 242 valence electrons. The molecule has 0 aliphatic carbocycles. The Hall–Kier alpha value is -7.11. The molecular formula is C47H28N4O. The fourth-order valence-corrected chi connectivity index (χ4v) is 7.87. The molecule has 0 N–H and O–H groups in total. The van der Waals surface area contributed by atoms with Crippen LogP contribution < -0.4 is 0 Å². The minimum Gasteiger partial charge on any atom is -0.438 e. The normalized spacial score (nSPS) is 11.8. The smallest absolute Gasteiger partial charge is 0.227 e. The van der Waals surface area contributed by atoms with E-state index in [1.807, 2.05) is 24.3 Å². The van der Waals surface area contributed by atoms with E-state index in [0.717, 1.165) is 55.4 Å².